The van der Waals surface area contributed by atoms with Crippen molar-refractivity contribution in [3.8, 4) is 6.07 Å². The summed E-state index contributed by atoms with van der Waals surface area (Å²) in [6.45, 7) is 0.335. The standard InChI is InChI=1S/C11H11N3O3S/c12-4-1-5-13-9(15)7-18-10-3-2-8(6-14-10)11(16)17/h2-3,6H,1,5,7H2,(H,13,15)(H,16,17). The maximum atomic E-state index is 11.3. The maximum absolute atomic E-state index is 11.3. The van der Waals surface area contributed by atoms with E-state index in [2.05, 4.69) is 10.3 Å². The Morgan fingerprint density at radius 3 is 2.83 bits per heavy atom. The number of nitriles is 1. The van der Waals surface area contributed by atoms with Gasteiger partial charge in [-0.15, -0.1) is 0 Å². The van der Waals surface area contributed by atoms with E-state index in [1.165, 1.54) is 24.0 Å². The zero-order chi connectivity index (χ0) is 13.4. The average Bonchev–Trinajstić information content (AvgIpc) is 2.37. The molecule has 94 valence electrons. The topological polar surface area (TPSA) is 103 Å². The van der Waals surface area contributed by atoms with Crippen LogP contribution in [0.25, 0.3) is 0 Å². The van der Waals surface area contributed by atoms with Crippen molar-refractivity contribution in [3.05, 3.63) is 23.9 Å². The van der Waals surface area contributed by atoms with Crippen LogP contribution in [-0.2, 0) is 4.79 Å². The molecule has 0 saturated heterocycles. The highest BCUT2D eigenvalue weighted by Crippen LogP contribution is 2.14. The molecule has 0 bridgehead atoms. The molecule has 1 heterocycles. The summed E-state index contributed by atoms with van der Waals surface area (Å²) in [7, 11) is 0. The van der Waals surface area contributed by atoms with E-state index in [1.807, 2.05) is 6.07 Å². The van der Waals surface area contributed by atoms with Crippen molar-refractivity contribution in [1.29, 1.82) is 5.26 Å². The third-order valence-electron chi connectivity index (χ3n) is 1.89. The van der Waals surface area contributed by atoms with Gasteiger partial charge >= 0.3 is 5.97 Å². The number of hydrogen-bond donors (Lipinski definition) is 2. The van der Waals surface area contributed by atoms with Gasteiger partial charge in [-0.2, -0.15) is 5.26 Å². The Bertz CT molecular complexity index is 467. The molecule has 1 aromatic rings. The molecule has 0 atom stereocenters. The lowest BCUT2D eigenvalue weighted by atomic mass is 10.3. The largest absolute Gasteiger partial charge is 0.478 e. The van der Waals surface area contributed by atoms with Gasteiger partial charge in [-0.05, 0) is 12.1 Å². The van der Waals surface area contributed by atoms with E-state index in [9.17, 15) is 9.59 Å². The van der Waals surface area contributed by atoms with Crippen LogP contribution in [0, 0.1) is 11.3 Å². The molecule has 0 aliphatic rings. The summed E-state index contributed by atoms with van der Waals surface area (Å²) < 4.78 is 0. The van der Waals surface area contributed by atoms with Gasteiger partial charge in [-0.1, -0.05) is 11.8 Å². The number of carbonyl (C=O) groups excluding carboxylic acids is 1. The van der Waals surface area contributed by atoms with Gasteiger partial charge in [0.25, 0.3) is 0 Å². The Balaban J connectivity index is 2.37. The molecule has 1 aromatic heterocycles. The van der Waals surface area contributed by atoms with Gasteiger partial charge in [0.2, 0.25) is 5.91 Å². The number of thioether (sulfide) groups is 1. The van der Waals surface area contributed by atoms with Gasteiger partial charge in [0, 0.05) is 12.7 Å². The molecule has 1 amide bonds. The molecule has 0 unspecified atom stereocenters. The molecule has 0 saturated carbocycles. The summed E-state index contributed by atoms with van der Waals surface area (Å²) in [5, 5.41) is 20.1. The van der Waals surface area contributed by atoms with Crippen LogP contribution in [0.1, 0.15) is 16.8 Å². The molecule has 0 radical (unpaired) electrons. The molecule has 0 aromatic carbocycles. The minimum atomic E-state index is -1.03. The summed E-state index contributed by atoms with van der Waals surface area (Å²) in [4.78, 5) is 25.8. The zero-order valence-electron chi connectivity index (χ0n) is 9.42. The van der Waals surface area contributed by atoms with Gasteiger partial charge in [0.1, 0.15) is 0 Å². The van der Waals surface area contributed by atoms with E-state index in [1.54, 1.807) is 6.07 Å². The highest BCUT2D eigenvalue weighted by molar-refractivity contribution is 7.99. The van der Waals surface area contributed by atoms with Gasteiger partial charge in [0.05, 0.1) is 28.8 Å². The summed E-state index contributed by atoms with van der Waals surface area (Å²) in [6, 6.07) is 4.91. The molecular formula is C11H11N3O3S. The van der Waals surface area contributed by atoms with Crippen molar-refractivity contribution in [2.24, 2.45) is 0 Å². The minimum absolute atomic E-state index is 0.109. The summed E-state index contributed by atoms with van der Waals surface area (Å²) in [5.74, 6) is -1.03. The quantitative estimate of drug-likeness (QED) is 0.585. The van der Waals surface area contributed by atoms with Crippen LogP contribution in [0.5, 0.6) is 0 Å². The minimum Gasteiger partial charge on any atom is -0.478 e. The van der Waals surface area contributed by atoms with Crippen molar-refractivity contribution in [2.75, 3.05) is 12.3 Å². The number of hydrogen-bond acceptors (Lipinski definition) is 5. The number of aromatic carboxylic acids is 1. The zero-order valence-corrected chi connectivity index (χ0v) is 10.2. The van der Waals surface area contributed by atoms with Crippen LogP contribution in [-0.4, -0.2) is 34.3 Å². The lowest BCUT2D eigenvalue weighted by Gasteiger charge is -2.02. The number of rotatable bonds is 6. The first-order valence-corrected chi connectivity index (χ1v) is 6.08. The van der Waals surface area contributed by atoms with E-state index in [4.69, 9.17) is 10.4 Å². The Morgan fingerprint density at radius 1 is 1.50 bits per heavy atom. The molecule has 7 heteroatoms. The first-order chi connectivity index (χ1) is 8.63. The summed E-state index contributed by atoms with van der Waals surface area (Å²) in [6.07, 6.45) is 1.53. The van der Waals surface area contributed by atoms with Crippen LogP contribution in [0.2, 0.25) is 0 Å². The smallest absolute Gasteiger partial charge is 0.337 e. The summed E-state index contributed by atoms with van der Waals surface area (Å²) in [5.41, 5.74) is 0.109. The van der Waals surface area contributed by atoms with E-state index >= 15 is 0 Å². The second-order valence-electron chi connectivity index (χ2n) is 3.24. The van der Waals surface area contributed by atoms with Crippen molar-refractivity contribution in [2.45, 2.75) is 11.4 Å². The average molecular weight is 265 g/mol. The van der Waals surface area contributed by atoms with E-state index in [0.29, 0.717) is 11.6 Å². The lowest BCUT2D eigenvalue weighted by Crippen LogP contribution is -2.25. The molecule has 0 aliphatic carbocycles. The Morgan fingerprint density at radius 2 is 2.28 bits per heavy atom. The van der Waals surface area contributed by atoms with Crippen LogP contribution in [0.15, 0.2) is 23.4 Å². The fourth-order valence-electron chi connectivity index (χ4n) is 1.04. The van der Waals surface area contributed by atoms with E-state index in [-0.39, 0.29) is 23.6 Å². The molecule has 0 fully saturated rings. The number of carboxylic acid groups (broad SMARTS) is 1. The van der Waals surface area contributed by atoms with Crippen LogP contribution >= 0.6 is 11.8 Å². The first-order valence-electron chi connectivity index (χ1n) is 5.09. The van der Waals surface area contributed by atoms with E-state index in [0.717, 1.165) is 0 Å². The third-order valence-corrected chi connectivity index (χ3v) is 2.84. The number of nitrogens with zero attached hydrogens (tertiary/aromatic N) is 2. The predicted molar refractivity (Wildman–Crippen MR) is 65.2 cm³/mol. The van der Waals surface area contributed by atoms with Gasteiger partial charge in [-0.25, -0.2) is 9.78 Å². The second-order valence-corrected chi connectivity index (χ2v) is 4.23. The van der Waals surface area contributed by atoms with Crippen molar-refractivity contribution < 1.29 is 14.7 Å². The molecule has 1 rings (SSSR count). The molecule has 2 N–H and O–H groups in total. The van der Waals surface area contributed by atoms with Crippen LogP contribution in [0.3, 0.4) is 0 Å². The number of nitrogens with one attached hydrogen (secondary N) is 1. The third kappa shape index (κ3) is 4.84. The van der Waals surface area contributed by atoms with Crippen molar-refractivity contribution >= 4 is 23.6 Å². The van der Waals surface area contributed by atoms with Gasteiger partial charge in [-0.3, -0.25) is 4.79 Å². The normalized spacial score (nSPS) is 9.50. The maximum Gasteiger partial charge on any atom is 0.337 e. The highest BCUT2D eigenvalue weighted by atomic mass is 32.2. The monoisotopic (exact) mass is 265 g/mol. The van der Waals surface area contributed by atoms with Gasteiger partial charge < -0.3 is 10.4 Å². The predicted octanol–water partition coefficient (Wildman–Crippen LogP) is 0.902. The molecular weight excluding hydrogens is 254 g/mol. The number of pyridine rings is 1. The van der Waals surface area contributed by atoms with Crippen LogP contribution in [0.4, 0.5) is 0 Å². The number of amides is 1. The number of carbonyl (C=O) groups is 2. The molecule has 0 aliphatic heterocycles. The Hall–Kier alpha value is -2.07. The van der Waals surface area contributed by atoms with Crippen LogP contribution < -0.4 is 5.32 Å². The second kappa shape index (κ2) is 7.29. The molecule has 6 nitrogen and oxygen atoms in total. The van der Waals surface area contributed by atoms with Crippen molar-refractivity contribution in [1.82, 2.24) is 10.3 Å². The Labute approximate surface area is 108 Å². The number of aromatic nitrogens is 1. The SMILES string of the molecule is N#CCCNC(=O)CSc1ccc(C(=O)O)cn1. The lowest BCUT2D eigenvalue weighted by molar-refractivity contribution is -0.118. The highest BCUT2D eigenvalue weighted by Gasteiger charge is 2.05. The first kappa shape index (κ1) is 14.0. The summed E-state index contributed by atoms with van der Waals surface area (Å²) >= 11 is 1.21. The number of carboxylic acids is 1. The fourth-order valence-corrected chi connectivity index (χ4v) is 1.71. The molecule has 18 heavy (non-hydrogen) atoms. The Kier molecular flexibility index (Phi) is 5.67. The fraction of sp³-hybridized carbons (Fsp3) is 0.273. The molecule has 0 spiro atoms. The van der Waals surface area contributed by atoms with E-state index < -0.39 is 5.97 Å². The van der Waals surface area contributed by atoms with Gasteiger partial charge in [0.15, 0.2) is 0 Å². The van der Waals surface area contributed by atoms with Crippen molar-refractivity contribution in [3.63, 3.8) is 0 Å².